The maximum atomic E-state index is 12.9. The van der Waals surface area contributed by atoms with Crippen molar-refractivity contribution in [1.29, 1.82) is 0 Å². The van der Waals surface area contributed by atoms with Crippen molar-refractivity contribution in [2.75, 3.05) is 26.2 Å². The predicted octanol–water partition coefficient (Wildman–Crippen LogP) is -0.00580. The molecule has 2 aromatic rings. The van der Waals surface area contributed by atoms with Gasteiger partial charge in [0.2, 0.25) is 0 Å². The molecule has 0 saturated carbocycles. The zero-order chi connectivity index (χ0) is 17.3. The highest BCUT2D eigenvalue weighted by Crippen LogP contribution is 2.16. The van der Waals surface area contributed by atoms with Crippen molar-refractivity contribution >= 4 is 22.0 Å². The number of carbonyl (C=O) groups excluding carboxylic acids is 2. The third-order valence-corrected chi connectivity index (χ3v) is 4.55. The van der Waals surface area contributed by atoms with Crippen LogP contribution in [0.1, 0.15) is 21.0 Å². The molecule has 0 atom stereocenters. The third kappa shape index (κ3) is 3.15. The first kappa shape index (κ1) is 16.2. The number of hydrogen-bond donors (Lipinski definition) is 2. The summed E-state index contributed by atoms with van der Waals surface area (Å²) in [4.78, 5) is 29.4. The molecule has 2 amide bonds. The molecule has 1 aliphatic rings. The average molecular weight is 355 g/mol. The number of H-pyrrole nitrogens is 2. The molecule has 0 aliphatic carbocycles. The van der Waals surface area contributed by atoms with Crippen LogP contribution in [0, 0.1) is 0 Å². The SMILES string of the molecule is O=C(c1cc(S(=O)(=O)F)c[nH]1)N1CCN(C(=O)c2ccn[nH]2)CC1. The fourth-order valence-electron chi connectivity index (χ4n) is 2.47. The minimum atomic E-state index is -4.86. The van der Waals surface area contributed by atoms with Crippen LogP contribution < -0.4 is 0 Å². The minimum Gasteiger partial charge on any atom is -0.356 e. The van der Waals surface area contributed by atoms with Crippen molar-refractivity contribution in [2.24, 2.45) is 0 Å². The number of aromatic nitrogens is 3. The fourth-order valence-corrected chi connectivity index (χ4v) is 2.93. The number of halogens is 1. The van der Waals surface area contributed by atoms with E-state index in [2.05, 4.69) is 15.2 Å². The summed E-state index contributed by atoms with van der Waals surface area (Å²) in [5.74, 6) is -0.649. The quantitative estimate of drug-likeness (QED) is 0.751. The van der Waals surface area contributed by atoms with Crippen LogP contribution in [-0.4, -0.2) is 71.4 Å². The number of nitrogens with one attached hydrogen (secondary N) is 2. The van der Waals surface area contributed by atoms with Crippen molar-refractivity contribution in [1.82, 2.24) is 25.0 Å². The highest BCUT2D eigenvalue weighted by atomic mass is 32.3. The number of amides is 2. The summed E-state index contributed by atoms with van der Waals surface area (Å²) < 4.78 is 34.5. The Balaban J connectivity index is 1.63. The van der Waals surface area contributed by atoms with Crippen LogP contribution in [0.3, 0.4) is 0 Å². The Labute approximate surface area is 136 Å². The zero-order valence-electron chi connectivity index (χ0n) is 12.4. The monoisotopic (exact) mass is 355 g/mol. The maximum absolute atomic E-state index is 12.9. The molecule has 2 aromatic heterocycles. The number of rotatable bonds is 3. The summed E-state index contributed by atoms with van der Waals surface area (Å²) >= 11 is 0. The van der Waals surface area contributed by atoms with Crippen LogP contribution in [0.2, 0.25) is 0 Å². The molecule has 0 unspecified atom stereocenters. The molecule has 0 radical (unpaired) electrons. The Morgan fingerprint density at radius 2 is 1.67 bits per heavy atom. The molecule has 1 saturated heterocycles. The van der Waals surface area contributed by atoms with Crippen molar-refractivity contribution in [3.8, 4) is 0 Å². The molecule has 24 heavy (non-hydrogen) atoms. The highest BCUT2D eigenvalue weighted by Gasteiger charge is 2.27. The van der Waals surface area contributed by atoms with E-state index in [4.69, 9.17) is 0 Å². The van der Waals surface area contributed by atoms with Crippen LogP contribution in [0.15, 0.2) is 29.4 Å². The van der Waals surface area contributed by atoms with Gasteiger partial charge in [0.05, 0.1) is 0 Å². The van der Waals surface area contributed by atoms with Gasteiger partial charge in [-0.15, -0.1) is 3.89 Å². The maximum Gasteiger partial charge on any atom is 0.333 e. The lowest BCUT2D eigenvalue weighted by atomic mass is 10.2. The summed E-state index contributed by atoms with van der Waals surface area (Å²) in [5.41, 5.74) is 0.358. The average Bonchev–Trinajstić information content (AvgIpc) is 3.24. The van der Waals surface area contributed by atoms with Crippen molar-refractivity contribution < 1.29 is 21.9 Å². The minimum absolute atomic E-state index is 0.0143. The summed E-state index contributed by atoms with van der Waals surface area (Å²) in [6.07, 6.45) is 2.41. The number of aromatic amines is 2. The van der Waals surface area contributed by atoms with Gasteiger partial charge in [-0.2, -0.15) is 13.5 Å². The first-order chi connectivity index (χ1) is 11.4. The van der Waals surface area contributed by atoms with E-state index in [0.717, 1.165) is 12.3 Å². The van der Waals surface area contributed by atoms with Gasteiger partial charge in [0.15, 0.2) is 0 Å². The molecule has 0 bridgehead atoms. The highest BCUT2D eigenvalue weighted by molar-refractivity contribution is 7.86. The second-order valence-corrected chi connectivity index (χ2v) is 6.59. The fraction of sp³-hybridized carbons (Fsp3) is 0.308. The van der Waals surface area contributed by atoms with E-state index in [-0.39, 0.29) is 24.7 Å². The first-order valence-corrected chi connectivity index (χ1v) is 8.45. The van der Waals surface area contributed by atoms with Gasteiger partial charge in [-0.05, 0) is 12.1 Å². The standard InChI is InChI=1S/C13H14FN5O4S/c14-24(22,23)9-7-11(15-8-9)13(21)19-5-3-18(4-6-19)12(20)10-1-2-16-17-10/h1-2,7-8,15H,3-6H2,(H,16,17). The lowest BCUT2D eigenvalue weighted by Crippen LogP contribution is -2.50. The third-order valence-electron chi connectivity index (χ3n) is 3.75. The molecule has 2 N–H and O–H groups in total. The number of piperazine rings is 1. The molecule has 0 spiro atoms. The smallest absolute Gasteiger partial charge is 0.333 e. The number of nitrogens with zero attached hydrogens (tertiary/aromatic N) is 3. The zero-order valence-corrected chi connectivity index (χ0v) is 13.2. The predicted molar refractivity (Wildman–Crippen MR) is 79.5 cm³/mol. The van der Waals surface area contributed by atoms with Crippen LogP contribution in [0.4, 0.5) is 3.89 Å². The van der Waals surface area contributed by atoms with E-state index in [0.29, 0.717) is 18.8 Å². The van der Waals surface area contributed by atoms with Gasteiger partial charge in [0.25, 0.3) is 11.8 Å². The van der Waals surface area contributed by atoms with E-state index < -0.39 is 21.0 Å². The van der Waals surface area contributed by atoms with Crippen LogP contribution in [0.25, 0.3) is 0 Å². The Morgan fingerprint density at radius 3 is 2.12 bits per heavy atom. The summed E-state index contributed by atoms with van der Waals surface area (Å²) in [7, 11) is -4.86. The molecule has 3 rings (SSSR count). The van der Waals surface area contributed by atoms with E-state index in [1.807, 2.05) is 0 Å². The molecule has 1 fully saturated rings. The van der Waals surface area contributed by atoms with E-state index in [1.165, 1.54) is 11.1 Å². The first-order valence-electron chi connectivity index (χ1n) is 7.07. The van der Waals surface area contributed by atoms with E-state index >= 15 is 0 Å². The van der Waals surface area contributed by atoms with Crippen LogP contribution in [0.5, 0.6) is 0 Å². The van der Waals surface area contributed by atoms with Crippen LogP contribution >= 0.6 is 0 Å². The molecule has 9 nitrogen and oxygen atoms in total. The summed E-state index contributed by atoms with van der Waals surface area (Å²) in [5, 5.41) is 6.31. The van der Waals surface area contributed by atoms with Gasteiger partial charge < -0.3 is 14.8 Å². The Hall–Kier alpha value is -2.69. The Kier molecular flexibility index (Phi) is 4.09. The Bertz CT molecular complexity index is 853. The van der Waals surface area contributed by atoms with Gasteiger partial charge in [-0.3, -0.25) is 14.7 Å². The molecule has 3 heterocycles. The topological polar surface area (TPSA) is 119 Å². The lowest BCUT2D eigenvalue weighted by Gasteiger charge is -2.34. The largest absolute Gasteiger partial charge is 0.356 e. The molecule has 1 aliphatic heterocycles. The van der Waals surface area contributed by atoms with Crippen LogP contribution in [-0.2, 0) is 10.2 Å². The van der Waals surface area contributed by atoms with Crippen molar-refractivity contribution in [2.45, 2.75) is 4.90 Å². The molecule has 0 aromatic carbocycles. The van der Waals surface area contributed by atoms with E-state index in [1.54, 1.807) is 11.0 Å². The van der Waals surface area contributed by atoms with Gasteiger partial charge in [0, 0.05) is 38.6 Å². The van der Waals surface area contributed by atoms with Gasteiger partial charge in [-0.25, -0.2) is 0 Å². The second-order valence-electron chi connectivity index (χ2n) is 5.24. The summed E-state index contributed by atoms with van der Waals surface area (Å²) in [6, 6.07) is 2.53. The second kappa shape index (κ2) is 6.07. The number of hydrogen-bond acceptors (Lipinski definition) is 5. The van der Waals surface area contributed by atoms with Crippen molar-refractivity contribution in [3.63, 3.8) is 0 Å². The molecular formula is C13H14FN5O4S. The van der Waals surface area contributed by atoms with Gasteiger partial charge >= 0.3 is 10.2 Å². The van der Waals surface area contributed by atoms with Gasteiger partial charge in [-0.1, -0.05) is 0 Å². The summed E-state index contributed by atoms with van der Waals surface area (Å²) in [6.45, 7) is 1.24. The lowest BCUT2D eigenvalue weighted by molar-refractivity contribution is 0.0529. The van der Waals surface area contributed by atoms with Crippen molar-refractivity contribution in [3.05, 3.63) is 35.9 Å². The molecule has 128 valence electrons. The van der Waals surface area contributed by atoms with Gasteiger partial charge in [0.1, 0.15) is 16.3 Å². The molecular weight excluding hydrogens is 341 g/mol. The molecule has 11 heteroatoms. The normalized spacial score (nSPS) is 15.5. The Morgan fingerprint density at radius 1 is 1.08 bits per heavy atom. The van der Waals surface area contributed by atoms with E-state index in [9.17, 15) is 21.9 Å². The number of carbonyl (C=O) groups is 2.